The number of amides is 2. The average molecular weight is 581 g/mol. The fourth-order valence-corrected chi connectivity index (χ4v) is 5.85. The highest BCUT2D eigenvalue weighted by atomic mass is 19.4. The summed E-state index contributed by atoms with van der Waals surface area (Å²) in [6.07, 6.45) is -2.04. The van der Waals surface area contributed by atoms with Gasteiger partial charge in [-0.15, -0.1) is 5.10 Å². The number of alkyl halides is 3. The number of anilines is 1. The number of benzene rings is 1. The number of nitrogens with one attached hydrogen (secondary N) is 1. The molecule has 3 fully saturated rings. The minimum atomic E-state index is -4.49. The molecule has 2 saturated heterocycles. The monoisotopic (exact) mass is 580 g/mol. The molecule has 0 spiro atoms. The number of rotatable bonds is 8. The van der Waals surface area contributed by atoms with Crippen LogP contribution in [-0.4, -0.2) is 58.1 Å². The van der Waals surface area contributed by atoms with Gasteiger partial charge in [0, 0.05) is 75.0 Å². The first-order valence-corrected chi connectivity index (χ1v) is 14.0. The van der Waals surface area contributed by atoms with Crippen molar-refractivity contribution >= 4 is 17.5 Å². The molecule has 1 saturated carbocycles. The van der Waals surface area contributed by atoms with E-state index in [1.165, 1.54) is 6.07 Å². The Bertz CT molecular complexity index is 1430. The molecule has 2 amide bonds. The van der Waals surface area contributed by atoms with E-state index in [1.807, 2.05) is 17.0 Å². The first-order chi connectivity index (χ1) is 20.1. The Labute approximate surface area is 241 Å². The number of carbonyl (C=O) groups excluding carboxylic acids is 2. The fraction of sp³-hybridized carbons (Fsp3) is 0.433. The number of fused-ring (bicyclic) bond motifs is 1. The van der Waals surface area contributed by atoms with Gasteiger partial charge in [0.1, 0.15) is 12.3 Å². The van der Waals surface area contributed by atoms with Crippen molar-refractivity contribution in [2.24, 2.45) is 11.8 Å². The number of hydrogen-bond donors (Lipinski definition) is 1. The third kappa shape index (κ3) is 5.75. The summed E-state index contributed by atoms with van der Waals surface area (Å²) in [5.41, 5.74) is 1.49. The lowest BCUT2D eigenvalue weighted by molar-refractivity contribution is -0.141. The summed E-state index contributed by atoms with van der Waals surface area (Å²) in [6.45, 7) is 5.59. The van der Waals surface area contributed by atoms with Crippen molar-refractivity contribution in [1.82, 2.24) is 25.4 Å². The molecule has 2 aromatic heterocycles. The van der Waals surface area contributed by atoms with Gasteiger partial charge in [-0.25, -0.2) is 0 Å². The number of ether oxygens (including phenoxy) is 1. The van der Waals surface area contributed by atoms with Crippen LogP contribution in [0, 0.1) is 11.8 Å². The quantitative estimate of drug-likeness (QED) is 0.434. The third-order valence-electron chi connectivity index (χ3n) is 8.50. The van der Waals surface area contributed by atoms with Gasteiger partial charge in [-0.3, -0.25) is 14.6 Å². The van der Waals surface area contributed by atoms with E-state index in [0.29, 0.717) is 42.5 Å². The van der Waals surface area contributed by atoms with Crippen LogP contribution in [0.4, 0.5) is 18.9 Å². The highest BCUT2D eigenvalue weighted by Gasteiger charge is 2.53. The second kappa shape index (κ2) is 10.9. The van der Waals surface area contributed by atoms with Gasteiger partial charge in [0.2, 0.25) is 17.7 Å². The lowest BCUT2D eigenvalue weighted by Gasteiger charge is -2.23. The van der Waals surface area contributed by atoms with E-state index in [-0.39, 0.29) is 24.3 Å². The second-order valence-electron chi connectivity index (χ2n) is 11.4. The first-order valence-electron chi connectivity index (χ1n) is 14.0. The number of hydrogen-bond acceptors (Lipinski definition) is 7. The topological polar surface area (TPSA) is 101 Å². The number of pyridine rings is 1. The summed E-state index contributed by atoms with van der Waals surface area (Å²) >= 11 is 0. The van der Waals surface area contributed by atoms with Crippen molar-refractivity contribution in [2.45, 2.75) is 44.5 Å². The summed E-state index contributed by atoms with van der Waals surface area (Å²) in [4.78, 5) is 32.5. The van der Waals surface area contributed by atoms with Crippen LogP contribution in [0.15, 0.2) is 54.7 Å². The van der Waals surface area contributed by atoms with Gasteiger partial charge < -0.3 is 19.9 Å². The molecule has 2 atom stereocenters. The molecule has 1 aromatic carbocycles. The van der Waals surface area contributed by atoms with E-state index in [4.69, 9.17) is 4.74 Å². The summed E-state index contributed by atoms with van der Waals surface area (Å²) in [7, 11) is 0. The summed E-state index contributed by atoms with van der Waals surface area (Å²) < 4.78 is 43.6. The molecule has 6 rings (SSSR count). The predicted octanol–water partition coefficient (Wildman–Crippen LogP) is 3.73. The van der Waals surface area contributed by atoms with Crippen molar-refractivity contribution in [3.8, 4) is 5.88 Å². The Balaban J connectivity index is 0.987. The molecule has 0 radical (unpaired) electrons. The van der Waals surface area contributed by atoms with Crippen molar-refractivity contribution in [3.05, 3.63) is 77.2 Å². The smallest absolute Gasteiger partial charge is 0.433 e. The maximum Gasteiger partial charge on any atom is 0.433 e. The molecular formula is C30H31F3N6O3. The lowest BCUT2D eigenvalue weighted by Crippen LogP contribution is -2.35. The van der Waals surface area contributed by atoms with Gasteiger partial charge in [-0.05, 0) is 42.7 Å². The highest BCUT2D eigenvalue weighted by Crippen LogP contribution is 2.47. The van der Waals surface area contributed by atoms with Gasteiger partial charge in [-0.2, -0.15) is 18.3 Å². The third-order valence-corrected chi connectivity index (χ3v) is 8.50. The molecule has 220 valence electrons. The second-order valence-corrected chi connectivity index (χ2v) is 11.4. The zero-order chi connectivity index (χ0) is 29.5. The van der Waals surface area contributed by atoms with Crippen LogP contribution in [0.25, 0.3) is 0 Å². The zero-order valence-electron chi connectivity index (χ0n) is 23.1. The van der Waals surface area contributed by atoms with E-state index in [0.717, 1.165) is 49.7 Å². The van der Waals surface area contributed by atoms with Crippen LogP contribution in [0.5, 0.6) is 5.88 Å². The summed E-state index contributed by atoms with van der Waals surface area (Å²) in [5, 5.41) is 11.3. The minimum absolute atomic E-state index is 0.0129. The number of halogens is 3. The Morgan fingerprint density at radius 1 is 0.952 bits per heavy atom. The molecule has 0 bridgehead atoms. The molecule has 4 heterocycles. The molecule has 3 aliphatic rings. The molecule has 2 aliphatic heterocycles. The summed E-state index contributed by atoms with van der Waals surface area (Å²) in [6, 6.07) is 13.8. The highest BCUT2D eigenvalue weighted by molar-refractivity contribution is 5.90. The normalized spacial score (nSPS) is 20.8. The number of nitrogens with zero attached hydrogens (tertiary/aromatic N) is 5. The molecule has 3 aromatic rings. The fourth-order valence-electron chi connectivity index (χ4n) is 5.85. The molecule has 12 heteroatoms. The van der Waals surface area contributed by atoms with Crippen LogP contribution in [0.1, 0.15) is 42.3 Å². The van der Waals surface area contributed by atoms with E-state index in [9.17, 15) is 22.8 Å². The lowest BCUT2D eigenvalue weighted by atomic mass is 10.0. The van der Waals surface area contributed by atoms with Gasteiger partial charge in [0.15, 0.2) is 0 Å². The van der Waals surface area contributed by atoms with Gasteiger partial charge >= 0.3 is 6.18 Å². The SMILES string of the molecule is CC(=O)N1C[C@@H]2CN(c3ccc(CNC(=O)C4(c5ccc(OCc6ccc(C(F)(F)F)nc6)nn5)CC4)cc3)C[C@@H]2C1. The van der Waals surface area contributed by atoms with E-state index in [1.54, 1.807) is 19.1 Å². The van der Waals surface area contributed by atoms with E-state index < -0.39 is 17.3 Å². The van der Waals surface area contributed by atoms with Crippen molar-refractivity contribution in [2.75, 3.05) is 31.1 Å². The van der Waals surface area contributed by atoms with Crippen molar-refractivity contribution in [1.29, 1.82) is 0 Å². The van der Waals surface area contributed by atoms with Crippen molar-refractivity contribution in [3.63, 3.8) is 0 Å². The van der Waals surface area contributed by atoms with Crippen LogP contribution < -0.4 is 15.0 Å². The standard InChI is InChI=1S/C30H31F3N6O3/c1-19(40)38-14-22-16-39(17-23(22)15-38)24-5-2-20(3-6-24)12-35-28(41)29(10-11-29)25-8-9-27(37-36-25)42-18-21-4-7-26(34-13-21)30(31,32)33/h2-9,13,22-23H,10-12,14-18H2,1H3,(H,35,41)/t22-,23+. The Hall–Kier alpha value is -4.22. The summed E-state index contributed by atoms with van der Waals surface area (Å²) in [5.74, 6) is 1.28. The predicted molar refractivity (Wildman–Crippen MR) is 146 cm³/mol. The first kappa shape index (κ1) is 27.9. The molecular weight excluding hydrogens is 549 g/mol. The largest absolute Gasteiger partial charge is 0.472 e. The van der Waals surface area contributed by atoms with E-state index in [2.05, 4.69) is 37.5 Å². The van der Waals surface area contributed by atoms with Gasteiger partial charge in [0.25, 0.3) is 0 Å². The Kier molecular flexibility index (Phi) is 7.24. The zero-order valence-corrected chi connectivity index (χ0v) is 23.1. The van der Waals surface area contributed by atoms with Crippen LogP contribution in [0.2, 0.25) is 0 Å². The number of likely N-dealkylation sites (tertiary alicyclic amines) is 1. The molecule has 42 heavy (non-hydrogen) atoms. The maximum atomic E-state index is 13.1. The van der Waals surface area contributed by atoms with E-state index >= 15 is 0 Å². The molecule has 1 N–H and O–H groups in total. The molecule has 0 unspecified atom stereocenters. The van der Waals surface area contributed by atoms with Gasteiger partial charge in [0.05, 0.1) is 11.1 Å². The van der Waals surface area contributed by atoms with Gasteiger partial charge in [-0.1, -0.05) is 18.2 Å². The maximum absolute atomic E-state index is 13.1. The minimum Gasteiger partial charge on any atom is -0.472 e. The number of aromatic nitrogens is 3. The number of carbonyl (C=O) groups is 2. The van der Waals surface area contributed by atoms with Crippen LogP contribution in [-0.2, 0) is 34.3 Å². The van der Waals surface area contributed by atoms with Crippen LogP contribution >= 0.6 is 0 Å². The average Bonchev–Trinajstić information content (AvgIpc) is 3.55. The molecule has 1 aliphatic carbocycles. The van der Waals surface area contributed by atoms with Crippen LogP contribution in [0.3, 0.4) is 0 Å². The Morgan fingerprint density at radius 3 is 2.19 bits per heavy atom. The molecule has 9 nitrogen and oxygen atoms in total. The Morgan fingerprint density at radius 2 is 1.64 bits per heavy atom. The van der Waals surface area contributed by atoms with Crippen molar-refractivity contribution < 1.29 is 27.5 Å².